The van der Waals surface area contributed by atoms with Crippen molar-refractivity contribution in [2.45, 2.75) is 6.54 Å². The molecule has 0 spiro atoms. The second kappa shape index (κ2) is 12.1. The van der Waals surface area contributed by atoms with Gasteiger partial charge in [0.1, 0.15) is 6.61 Å². The van der Waals surface area contributed by atoms with Crippen molar-refractivity contribution in [1.82, 2.24) is 10.6 Å². The first-order chi connectivity index (χ1) is 12.0. The van der Waals surface area contributed by atoms with Gasteiger partial charge in [-0.3, -0.25) is 4.79 Å². The molecule has 23 heavy (non-hydrogen) atoms. The fourth-order valence-electron chi connectivity index (χ4n) is 1.51. The Morgan fingerprint density at radius 2 is 1.96 bits per heavy atom. The molecule has 0 fully saturated rings. The van der Waals surface area contributed by atoms with Crippen LogP contribution in [0, 0.1) is 0 Å². The zero-order chi connectivity index (χ0) is 18.5. The highest BCUT2D eigenvalue weighted by Crippen LogP contribution is 2.19. The largest absolute Gasteiger partial charge is 0.449 e. The zero-order valence-electron chi connectivity index (χ0n) is 14.9. The molecular formula is C15H22N2O4S2. The van der Waals surface area contributed by atoms with E-state index in [9.17, 15) is 9.59 Å². The number of alkyl carbamates (subject to hydrolysis) is 1. The number of hydrogen-bond acceptors (Lipinski definition) is 6. The topological polar surface area (TPSA) is 76.7 Å². The Bertz CT molecular complexity index is 533. The second-order valence-electron chi connectivity index (χ2n) is 4.28. The number of methoxy groups -OCH3 is 1. The lowest BCUT2D eigenvalue weighted by Crippen LogP contribution is -2.24. The third kappa shape index (κ3) is 8.73. The van der Waals surface area contributed by atoms with Crippen LogP contribution in [-0.4, -0.2) is 50.8 Å². The highest BCUT2D eigenvalue weighted by Gasteiger charge is 2.04. The summed E-state index contributed by atoms with van der Waals surface area (Å²) in [4.78, 5) is 23.0. The highest BCUT2D eigenvalue weighted by atomic mass is 33.1. The van der Waals surface area contributed by atoms with Crippen molar-refractivity contribution in [1.29, 1.82) is 0 Å². The third-order valence-corrected chi connectivity index (χ3v) is 4.98. The molecule has 0 aliphatic rings. The van der Waals surface area contributed by atoms with E-state index in [1.54, 1.807) is 42.1 Å². The quantitative estimate of drug-likeness (QED) is 0.492. The summed E-state index contributed by atoms with van der Waals surface area (Å²) in [5, 5.41) is 5.19. The monoisotopic (exact) mass is 361 g/mol. The maximum atomic E-state index is 11.6. The maximum Gasteiger partial charge on any atom is 0.407 e. The minimum Gasteiger partial charge on any atom is -0.449 e. The Kier molecular flexibility index (Phi) is 8.66. The SMILES string of the molecule is [2H]C([3H])OCCSSCCOC(=O)NCc1ccc(C(=O)NC)cc1. The van der Waals surface area contributed by atoms with E-state index in [2.05, 4.69) is 10.6 Å². The first kappa shape index (κ1) is 16.5. The van der Waals surface area contributed by atoms with Gasteiger partial charge in [-0.1, -0.05) is 33.7 Å². The molecule has 1 rings (SSSR count). The van der Waals surface area contributed by atoms with Gasteiger partial charge in [-0.15, -0.1) is 0 Å². The number of nitrogens with one attached hydrogen (secondary N) is 2. The molecule has 0 bridgehead atoms. The van der Waals surface area contributed by atoms with Crippen LogP contribution in [0.25, 0.3) is 0 Å². The average Bonchev–Trinajstić information content (AvgIpc) is 2.61. The Morgan fingerprint density at radius 3 is 2.61 bits per heavy atom. The first-order valence-corrected chi connectivity index (χ1v) is 9.44. The van der Waals surface area contributed by atoms with Crippen LogP contribution in [0.5, 0.6) is 0 Å². The van der Waals surface area contributed by atoms with Gasteiger partial charge < -0.3 is 20.1 Å². The van der Waals surface area contributed by atoms with Gasteiger partial charge in [-0.05, 0) is 17.7 Å². The molecule has 0 aromatic heterocycles. The summed E-state index contributed by atoms with van der Waals surface area (Å²) in [6, 6.07) is 6.94. The van der Waals surface area contributed by atoms with Crippen LogP contribution in [0.2, 0.25) is 0 Å². The Labute approximate surface area is 147 Å². The average molecular weight is 361 g/mol. The van der Waals surface area contributed by atoms with E-state index in [4.69, 9.17) is 12.2 Å². The predicted octanol–water partition coefficient (Wildman–Crippen LogP) is 2.30. The molecule has 6 nitrogen and oxygen atoms in total. The van der Waals surface area contributed by atoms with Crippen LogP contribution in [0.1, 0.15) is 18.7 Å². The molecule has 128 valence electrons. The van der Waals surface area contributed by atoms with Gasteiger partial charge in [0.05, 0.1) is 9.35 Å². The Balaban J connectivity index is 2.08. The fourth-order valence-corrected chi connectivity index (χ4v) is 3.18. The summed E-state index contributed by atoms with van der Waals surface area (Å²) < 4.78 is 23.5. The van der Waals surface area contributed by atoms with E-state index in [1.807, 2.05) is 0 Å². The van der Waals surface area contributed by atoms with Crippen molar-refractivity contribution in [2.24, 2.45) is 0 Å². The number of benzene rings is 1. The molecule has 2 N–H and O–H groups in total. The van der Waals surface area contributed by atoms with Crippen molar-refractivity contribution in [3.8, 4) is 0 Å². The molecule has 0 aliphatic heterocycles. The summed E-state index contributed by atoms with van der Waals surface area (Å²) in [5.74, 6) is 1.17. The summed E-state index contributed by atoms with van der Waals surface area (Å²) in [6.07, 6.45) is -0.490. The summed E-state index contributed by atoms with van der Waals surface area (Å²) in [6.45, 7) is 0.975. The van der Waals surface area contributed by atoms with Crippen LogP contribution in [0.4, 0.5) is 4.79 Å². The van der Waals surface area contributed by atoms with Crippen molar-refractivity contribution in [3.63, 3.8) is 0 Å². The summed E-state index contributed by atoms with van der Waals surface area (Å²) >= 11 is 0. The van der Waals surface area contributed by atoms with E-state index < -0.39 is 13.2 Å². The molecule has 1 aromatic carbocycles. The van der Waals surface area contributed by atoms with Crippen LogP contribution >= 0.6 is 21.6 Å². The Morgan fingerprint density at radius 1 is 1.26 bits per heavy atom. The van der Waals surface area contributed by atoms with Gasteiger partial charge in [0, 0.05) is 37.7 Å². The summed E-state index contributed by atoms with van der Waals surface area (Å²) in [7, 11) is 3.42. The van der Waals surface area contributed by atoms with Gasteiger partial charge in [0.2, 0.25) is 0 Å². The molecule has 1 aromatic rings. The van der Waals surface area contributed by atoms with E-state index in [0.717, 1.165) is 5.56 Å². The third-order valence-electron chi connectivity index (χ3n) is 2.65. The van der Waals surface area contributed by atoms with Gasteiger partial charge in [-0.25, -0.2) is 4.79 Å². The number of carbonyl (C=O) groups excluding carboxylic acids is 2. The molecule has 1 unspecified atom stereocenters. The number of amides is 2. The molecule has 0 aliphatic carbocycles. The fraction of sp³-hybridized carbons (Fsp3) is 0.467. The van der Waals surface area contributed by atoms with Gasteiger partial charge >= 0.3 is 6.09 Å². The van der Waals surface area contributed by atoms with Crippen molar-refractivity contribution in [3.05, 3.63) is 35.4 Å². The maximum absolute atomic E-state index is 11.6. The van der Waals surface area contributed by atoms with Gasteiger partial charge in [-0.2, -0.15) is 0 Å². The molecule has 0 saturated heterocycles. The number of carbonyl (C=O) groups is 2. The van der Waals surface area contributed by atoms with E-state index in [1.165, 1.54) is 10.8 Å². The van der Waals surface area contributed by atoms with Crippen molar-refractivity contribution < 1.29 is 21.8 Å². The molecule has 8 heteroatoms. The van der Waals surface area contributed by atoms with Gasteiger partial charge in [0.15, 0.2) is 0 Å². The molecule has 2 amide bonds. The first-order valence-electron chi connectivity index (χ1n) is 8.10. The summed E-state index contributed by atoms with van der Waals surface area (Å²) in [5.41, 5.74) is 1.44. The zero-order valence-corrected chi connectivity index (χ0v) is 14.5. The minimum atomic E-state index is -1.24. The molecule has 1 atom stereocenters. The van der Waals surface area contributed by atoms with Crippen LogP contribution in [0.15, 0.2) is 24.3 Å². The lowest BCUT2D eigenvalue weighted by Gasteiger charge is -2.07. The molecule has 0 heterocycles. The highest BCUT2D eigenvalue weighted by molar-refractivity contribution is 8.76. The van der Waals surface area contributed by atoms with E-state index in [-0.39, 0.29) is 5.91 Å². The number of hydrogen-bond donors (Lipinski definition) is 2. The van der Waals surface area contributed by atoms with Crippen LogP contribution in [-0.2, 0) is 16.0 Å². The van der Waals surface area contributed by atoms with Crippen LogP contribution in [0.3, 0.4) is 0 Å². The predicted molar refractivity (Wildman–Crippen MR) is 94.8 cm³/mol. The Hall–Kier alpha value is -1.38. The molecule has 0 saturated carbocycles. The van der Waals surface area contributed by atoms with E-state index in [0.29, 0.717) is 36.8 Å². The second-order valence-corrected chi connectivity index (χ2v) is 6.98. The van der Waals surface area contributed by atoms with E-state index >= 15 is 0 Å². The minimum absolute atomic E-state index is 0.153. The standard InChI is InChI=1S/C15H22N2O4S2/c1-16-14(18)13-5-3-12(4-6-13)11-17-15(19)21-8-10-23-22-9-7-20-2/h3-6H,7-11H2,1-2H3,(H,16,18)(H,17,19)/i2TD. The smallest absolute Gasteiger partial charge is 0.407 e. The van der Waals surface area contributed by atoms with Crippen molar-refractivity contribution >= 4 is 33.6 Å². The molecule has 0 radical (unpaired) electrons. The number of ether oxygens (including phenoxy) is 2. The number of rotatable bonds is 10. The lowest BCUT2D eigenvalue weighted by atomic mass is 10.1. The molecular weight excluding hydrogens is 336 g/mol. The normalized spacial score (nSPS) is 12.7. The lowest BCUT2D eigenvalue weighted by molar-refractivity contribution is 0.0963. The van der Waals surface area contributed by atoms with Crippen LogP contribution < -0.4 is 10.6 Å². The van der Waals surface area contributed by atoms with Crippen molar-refractivity contribution in [2.75, 3.05) is 38.8 Å². The van der Waals surface area contributed by atoms with Gasteiger partial charge in [0.25, 0.3) is 5.91 Å².